The third kappa shape index (κ3) is 2.10. The van der Waals surface area contributed by atoms with Crippen molar-refractivity contribution in [2.45, 2.75) is 6.92 Å². The second kappa shape index (κ2) is 4.25. The van der Waals surface area contributed by atoms with Crippen molar-refractivity contribution in [2.24, 2.45) is 7.05 Å². The molecule has 0 aliphatic carbocycles. The number of anilines is 2. The maximum Gasteiger partial charge on any atom is 0.258 e. The van der Waals surface area contributed by atoms with E-state index in [9.17, 15) is 4.79 Å². The Morgan fingerprint density at radius 3 is 2.88 bits per heavy atom. The number of carbonyl (C=O) groups is 1. The third-order valence-electron chi connectivity index (χ3n) is 2.56. The second-order valence-corrected chi connectivity index (χ2v) is 3.68. The maximum absolute atomic E-state index is 12.0. The number of aromatic nitrogens is 3. The van der Waals surface area contributed by atoms with E-state index >= 15 is 0 Å². The molecule has 0 unspecified atom stereocenters. The lowest BCUT2D eigenvalue weighted by Gasteiger charge is -2.08. The zero-order valence-electron chi connectivity index (χ0n) is 9.64. The lowest BCUT2D eigenvalue weighted by Crippen LogP contribution is -2.17. The molecule has 2 rings (SSSR count). The molecule has 1 aromatic heterocycles. The van der Waals surface area contributed by atoms with E-state index in [0.29, 0.717) is 17.2 Å². The van der Waals surface area contributed by atoms with Gasteiger partial charge >= 0.3 is 0 Å². The summed E-state index contributed by atoms with van der Waals surface area (Å²) in [5.41, 5.74) is 7.63. The summed E-state index contributed by atoms with van der Waals surface area (Å²) in [7, 11) is 1.70. The van der Waals surface area contributed by atoms with Gasteiger partial charge in [0.15, 0.2) is 0 Å². The van der Waals surface area contributed by atoms with E-state index in [4.69, 9.17) is 5.73 Å². The second-order valence-electron chi connectivity index (χ2n) is 3.68. The quantitative estimate of drug-likeness (QED) is 0.754. The highest BCUT2D eigenvalue weighted by molar-refractivity contribution is 6.05. The fraction of sp³-hybridized carbons (Fsp3) is 0.182. The number of rotatable bonds is 2. The Morgan fingerprint density at radius 2 is 2.24 bits per heavy atom. The number of hydrogen-bond donors (Lipinski definition) is 2. The first-order chi connectivity index (χ1) is 8.09. The van der Waals surface area contributed by atoms with Gasteiger partial charge in [-0.3, -0.25) is 10.1 Å². The van der Waals surface area contributed by atoms with Crippen LogP contribution in [0.5, 0.6) is 0 Å². The minimum Gasteiger partial charge on any atom is -0.398 e. The number of hydrogen-bond acceptors (Lipinski definition) is 4. The van der Waals surface area contributed by atoms with Gasteiger partial charge in [0.1, 0.15) is 6.33 Å². The largest absolute Gasteiger partial charge is 0.398 e. The van der Waals surface area contributed by atoms with Crippen LogP contribution < -0.4 is 11.1 Å². The molecule has 0 bridgehead atoms. The molecule has 0 spiro atoms. The summed E-state index contributed by atoms with van der Waals surface area (Å²) in [6.45, 7) is 1.81. The summed E-state index contributed by atoms with van der Waals surface area (Å²) in [6.07, 6.45) is 1.38. The third-order valence-corrected chi connectivity index (χ3v) is 2.56. The minimum absolute atomic E-state index is 0.245. The molecule has 6 nitrogen and oxygen atoms in total. The number of nitrogen functional groups attached to an aromatic ring is 1. The Balaban J connectivity index is 2.27. The van der Waals surface area contributed by atoms with Crippen LogP contribution in [-0.2, 0) is 7.05 Å². The van der Waals surface area contributed by atoms with Crippen LogP contribution in [0.2, 0.25) is 0 Å². The molecule has 0 saturated carbocycles. The molecule has 1 aromatic carbocycles. The average Bonchev–Trinajstić information content (AvgIpc) is 2.68. The normalized spacial score (nSPS) is 10.2. The van der Waals surface area contributed by atoms with Gasteiger partial charge in [-0.25, -0.2) is 4.68 Å². The topological polar surface area (TPSA) is 85.8 Å². The van der Waals surface area contributed by atoms with Crippen molar-refractivity contribution in [2.75, 3.05) is 11.1 Å². The Kier molecular flexibility index (Phi) is 2.78. The highest BCUT2D eigenvalue weighted by atomic mass is 16.1. The number of amides is 1. The molecule has 88 valence electrons. The Labute approximate surface area is 98.5 Å². The van der Waals surface area contributed by atoms with E-state index in [1.54, 1.807) is 32.2 Å². The van der Waals surface area contributed by atoms with E-state index in [1.807, 2.05) is 0 Å². The fourth-order valence-corrected chi connectivity index (χ4v) is 1.48. The Hall–Kier alpha value is -2.37. The zero-order chi connectivity index (χ0) is 12.4. The molecule has 0 fully saturated rings. The standard InChI is InChI=1S/C11H13N5O/c1-7-8(4-3-5-9(7)12)10(17)15-11-13-6-14-16(11)2/h3-6H,12H2,1-2H3,(H,13,14,15,17). The van der Waals surface area contributed by atoms with Crippen molar-refractivity contribution in [1.82, 2.24) is 14.8 Å². The van der Waals surface area contributed by atoms with Crippen LogP contribution in [0.25, 0.3) is 0 Å². The molecule has 0 aliphatic heterocycles. The van der Waals surface area contributed by atoms with Gasteiger partial charge in [-0.15, -0.1) is 0 Å². The van der Waals surface area contributed by atoms with Crippen LogP contribution in [0.1, 0.15) is 15.9 Å². The van der Waals surface area contributed by atoms with Crippen LogP contribution in [0.15, 0.2) is 24.5 Å². The highest BCUT2D eigenvalue weighted by Gasteiger charge is 2.12. The van der Waals surface area contributed by atoms with Crippen LogP contribution >= 0.6 is 0 Å². The van der Waals surface area contributed by atoms with E-state index < -0.39 is 0 Å². The van der Waals surface area contributed by atoms with Gasteiger partial charge < -0.3 is 5.73 Å². The predicted molar refractivity (Wildman–Crippen MR) is 64.5 cm³/mol. The molecule has 0 saturated heterocycles. The van der Waals surface area contributed by atoms with Crippen LogP contribution in [0.3, 0.4) is 0 Å². The molecule has 6 heteroatoms. The van der Waals surface area contributed by atoms with Gasteiger partial charge in [0.25, 0.3) is 5.91 Å². The number of nitrogens with one attached hydrogen (secondary N) is 1. The van der Waals surface area contributed by atoms with Gasteiger partial charge in [-0.2, -0.15) is 10.1 Å². The van der Waals surface area contributed by atoms with Crippen molar-refractivity contribution in [3.8, 4) is 0 Å². The monoisotopic (exact) mass is 231 g/mol. The van der Waals surface area contributed by atoms with E-state index in [2.05, 4.69) is 15.4 Å². The molecular weight excluding hydrogens is 218 g/mol. The predicted octanol–water partition coefficient (Wildman–Crippen LogP) is 0.958. The van der Waals surface area contributed by atoms with Gasteiger partial charge in [0.2, 0.25) is 5.95 Å². The van der Waals surface area contributed by atoms with E-state index in [1.165, 1.54) is 11.0 Å². The molecule has 1 heterocycles. The molecule has 0 radical (unpaired) electrons. The van der Waals surface area contributed by atoms with Crippen molar-refractivity contribution >= 4 is 17.5 Å². The number of nitrogens with zero attached hydrogens (tertiary/aromatic N) is 3. The molecule has 3 N–H and O–H groups in total. The average molecular weight is 231 g/mol. The lowest BCUT2D eigenvalue weighted by molar-refractivity contribution is 0.102. The molecule has 2 aromatic rings. The van der Waals surface area contributed by atoms with Crippen LogP contribution in [0.4, 0.5) is 11.6 Å². The van der Waals surface area contributed by atoms with E-state index in [-0.39, 0.29) is 5.91 Å². The summed E-state index contributed by atoms with van der Waals surface area (Å²) in [5.74, 6) is 0.155. The molecule has 17 heavy (non-hydrogen) atoms. The van der Waals surface area contributed by atoms with Gasteiger partial charge in [-0.05, 0) is 24.6 Å². The molecule has 1 amide bonds. The number of nitrogens with two attached hydrogens (primary N) is 1. The minimum atomic E-state index is -0.245. The first-order valence-electron chi connectivity index (χ1n) is 5.10. The molecule has 0 atom stereocenters. The van der Waals surface area contributed by atoms with Crippen LogP contribution in [0, 0.1) is 6.92 Å². The highest BCUT2D eigenvalue weighted by Crippen LogP contribution is 2.16. The smallest absolute Gasteiger partial charge is 0.258 e. The first kappa shape index (κ1) is 11.1. The molecular formula is C11H13N5O. The van der Waals surface area contributed by atoms with E-state index in [0.717, 1.165) is 5.56 Å². The summed E-state index contributed by atoms with van der Waals surface area (Å²) in [4.78, 5) is 15.9. The van der Waals surface area contributed by atoms with Gasteiger partial charge in [0.05, 0.1) is 0 Å². The molecule has 0 aliphatic rings. The van der Waals surface area contributed by atoms with Gasteiger partial charge in [0, 0.05) is 18.3 Å². The fourth-order valence-electron chi connectivity index (χ4n) is 1.48. The van der Waals surface area contributed by atoms with Crippen molar-refractivity contribution in [3.05, 3.63) is 35.7 Å². The first-order valence-corrected chi connectivity index (χ1v) is 5.10. The Bertz CT molecular complexity index is 561. The maximum atomic E-state index is 12.0. The lowest BCUT2D eigenvalue weighted by atomic mass is 10.1. The summed E-state index contributed by atoms with van der Waals surface area (Å²) < 4.78 is 1.49. The summed E-state index contributed by atoms with van der Waals surface area (Å²) in [5, 5.41) is 6.54. The SMILES string of the molecule is Cc1c(N)cccc1C(=O)Nc1ncnn1C. The Morgan fingerprint density at radius 1 is 1.47 bits per heavy atom. The van der Waals surface area contributed by atoms with Crippen molar-refractivity contribution in [1.29, 1.82) is 0 Å². The van der Waals surface area contributed by atoms with Crippen molar-refractivity contribution in [3.63, 3.8) is 0 Å². The zero-order valence-corrected chi connectivity index (χ0v) is 9.64. The number of benzene rings is 1. The number of carbonyl (C=O) groups excluding carboxylic acids is 1. The number of aryl methyl sites for hydroxylation is 1. The van der Waals surface area contributed by atoms with Crippen LogP contribution in [-0.4, -0.2) is 20.7 Å². The summed E-state index contributed by atoms with van der Waals surface area (Å²) >= 11 is 0. The van der Waals surface area contributed by atoms with Gasteiger partial charge in [-0.1, -0.05) is 6.07 Å². The summed E-state index contributed by atoms with van der Waals surface area (Å²) in [6, 6.07) is 5.22. The van der Waals surface area contributed by atoms with Crippen molar-refractivity contribution < 1.29 is 4.79 Å².